The van der Waals surface area contributed by atoms with Gasteiger partial charge in [-0.05, 0) is 37.2 Å². The van der Waals surface area contributed by atoms with Crippen molar-refractivity contribution in [3.63, 3.8) is 0 Å². The predicted molar refractivity (Wildman–Crippen MR) is 85.9 cm³/mol. The number of hydrogen-bond donors (Lipinski definition) is 1. The fourth-order valence-electron chi connectivity index (χ4n) is 2.43. The van der Waals surface area contributed by atoms with Crippen LogP contribution in [-0.2, 0) is 0 Å². The van der Waals surface area contributed by atoms with E-state index in [1.54, 1.807) is 6.08 Å². The van der Waals surface area contributed by atoms with Crippen molar-refractivity contribution < 1.29 is 13.2 Å². The number of likely N-dealkylation sites (N-methyl/N-ethyl adjacent to an activating group) is 2. The van der Waals surface area contributed by atoms with Gasteiger partial charge in [-0.15, -0.1) is 0 Å². The van der Waals surface area contributed by atoms with E-state index in [-0.39, 0.29) is 12.6 Å². The molecule has 1 N–H and O–H groups in total. The smallest absolute Gasteiger partial charge is 0.312 e. The van der Waals surface area contributed by atoms with E-state index in [9.17, 15) is 13.2 Å². The third kappa shape index (κ3) is 5.81. The Morgan fingerprint density at radius 2 is 2.05 bits per heavy atom. The van der Waals surface area contributed by atoms with Crippen molar-refractivity contribution in [2.45, 2.75) is 32.5 Å². The predicted octanol–water partition coefficient (Wildman–Crippen LogP) is 4.17. The van der Waals surface area contributed by atoms with Crippen molar-refractivity contribution in [3.8, 4) is 0 Å². The van der Waals surface area contributed by atoms with Gasteiger partial charge in [0.2, 0.25) is 0 Å². The van der Waals surface area contributed by atoms with E-state index in [0.717, 1.165) is 16.7 Å². The molecular weight excluding hydrogens is 289 g/mol. The molecular formula is C17H25F3N2. The molecule has 1 aromatic carbocycles. The lowest BCUT2D eigenvalue weighted by Crippen LogP contribution is -2.36. The second-order valence-electron chi connectivity index (χ2n) is 5.42. The Kier molecular flexibility index (Phi) is 7.10. The third-order valence-corrected chi connectivity index (χ3v) is 3.86. The lowest BCUT2D eigenvalue weighted by Gasteiger charge is -2.27. The van der Waals surface area contributed by atoms with Crippen molar-refractivity contribution >= 4 is 6.08 Å². The largest absolute Gasteiger partial charge is 0.390 e. The first-order valence-corrected chi connectivity index (χ1v) is 7.50. The molecule has 5 heteroatoms. The van der Waals surface area contributed by atoms with Crippen LogP contribution < -0.4 is 5.32 Å². The van der Waals surface area contributed by atoms with Crippen LogP contribution in [0, 0.1) is 6.92 Å². The fraction of sp³-hybridized carbons (Fsp3) is 0.529. The SMILES string of the molecule is C=Cc1ccc(C(CN(CC)CCC(F)(F)F)NC)cc1C. The summed E-state index contributed by atoms with van der Waals surface area (Å²) in [6, 6.07) is 6.07. The number of halogens is 3. The second-order valence-corrected chi connectivity index (χ2v) is 5.42. The van der Waals surface area contributed by atoms with Crippen LogP contribution in [0.1, 0.15) is 36.1 Å². The summed E-state index contributed by atoms with van der Waals surface area (Å²) in [7, 11) is 1.83. The minimum absolute atomic E-state index is 0.00532. The molecule has 0 fully saturated rings. The molecule has 0 amide bonds. The topological polar surface area (TPSA) is 15.3 Å². The van der Waals surface area contributed by atoms with Gasteiger partial charge in [-0.25, -0.2) is 0 Å². The van der Waals surface area contributed by atoms with Gasteiger partial charge in [0.1, 0.15) is 0 Å². The second kappa shape index (κ2) is 8.34. The van der Waals surface area contributed by atoms with Gasteiger partial charge < -0.3 is 10.2 Å². The van der Waals surface area contributed by atoms with Gasteiger partial charge in [0.15, 0.2) is 0 Å². The van der Waals surface area contributed by atoms with E-state index in [1.165, 1.54) is 0 Å². The minimum atomic E-state index is -4.11. The molecule has 1 aromatic rings. The number of hydrogen-bond acceptors (Lipinski definition) is 2. The summed E-state index contributed by atoms with van der Waals surface area (Å²) in [6.45, 7) is 8.83. The van der Waals surface area contributed by atoms with Crippen LogP contribution in [0.3, 0.4) is 0 Å². The number of aryl methyl sites for hydroxylation is 1. The highest BCUT2D eigenvalue weighted by atomic mass is 19.4. The average molecular weight is 314 g/mol. The zero-order chi connectivity index (χ0) is 16.8. The quantitative estimate of drug-likeness (QED) is 0.774. The zero-order valence-corrected chi connectivity index (χ0v) is 13.5. The van der Waals surface area contributed by atoms with E-state index >= 15 is 0 Å². The number of rotatable bonds is 8. The number of nitrogens with one attached hydrogen (secondary N) is 1. The van der Waals surface area contributed by atoms with E-state index in [2.05, 4.69) is 18.0 Å². The summed E-state index contributed by atoms with van der Waals surface area (Å²) in [5.41, 5.74) is 3.27. The summed E-state index contributed by atoms with van der Waals surface area (Å²) in [5, 5.41) is 3.20. The van der Waals surface area contributed by atoms with Crippen LogP contribution in [0.15, 0.2) is 24.8 Å². The molecule has 0 heterocycles. The van der Waals surface area contributed by atoms with E-state index < -0.39 is 12.6 Å². The van der Waals surface area contributed by atoms with Crippen LogP contribution in [-0.4, -0.2) is 37.8 Å². The molecule has 1 atom stereocenters. The minimum Gasteiger partial charge on any atom is -0.312 e. The van der Waals surface area contributed by atoms with Gasteiger partial charge in [0.25, 0.3) is 0 Å². The molecule has 0 aliphatic heterocycles. The molecule has 0 aromatic heterocycles. The highest BCUT2D eigenvalue weighted by Gasteiger charge is 2.28. The Hall–Kier alpha value is -1.33. The number of benzene rings is 1. The Labute approximate surface area is 131 Å². The highest BCUT2D eigenvalue weighted by molar-refractivity contribution is 5.52. The van der Waals surface area contributed by atoms with Crippen molar-refractivity contribution in [1.29, 1.82) is 0 Å². The van der Waals surface area contributed by atoms with Crippen LogP contribution in [0.25, 0.3) is 6.08 Å². The Bertz CT molecular complexity index is 483. The molecule has 0 saturated heterocycles. The Morgan fingerprint density at radius 3 is 2.50 bits per heavy atom. The van der Waals surface area contributed by atoms with Crippen LogP contribution in [0.4, 0.5) is 13.2 Å². The molecule has 0 aliphatic carbocycles. The van der Waals surface area contributed by atoms with Crippen LogP contribution in [0.5, 0.6) is 0 Å². The number of alkyl halides is 3. The molecule has 0 aliphatic rings. The maximum Gasteiger partial charge on any atom is 0.390 e. The van der Waals surface area contributed by atoms with Crippen molar-refractivity contribution in [2.24, 2.45) is 0 Å². The summed E-state index contributed by atoms with van der Waals surface area (Å²) in [6.07, 6.45) is -3.08. The van der Waals surface area contributed by atoms with E-state index in [4.69, 9.17) is 0 Å². The fourth-order valence-corrected chi connectivity index (χ4v) is 2.43. The van der Waals surface area contributed by atoms with E-state index in [0.29, 0.717) is 13.1 Å². The molecule has 124 valence electrons. The maximum absolute atomic E-state index is 12.4. The first-order chi connectivity index (χ1) is 10.3. The van der Waals surface area contributed by atoms with Gasteiger partial charge in [0, 0.05) is 19.1 Å². The van der Waals surface area contributed by atoms with Gasteiger partial charge in [-0.3, -0.25) is 0 Å². The standard InChI is InChI=1S/C17H25F3N2/c1-5-14-7-8-15(11-13(14)3)16(21-4)12-22(6-2)10-9-17(18,19)20/h5,7-8,11,16,21H,1,6,9-10,12H2,2-4H3. The van der Waals surface area contributed by atoms with Crippen LogP contribution in [0.2, 0.25) is 0 Å². The third-order valence-electron chi connectivity index (χ3n) is 3.86. The van der Waals surface area contributed by atoms with Crippen molar-refractivity contribution in [2.75, 3.05) is 26.7 Å². The van der Waals surface area contributed by atoms with E-state index in [1.807, 2.05) is 37.9 Å². The van der Waals surface area contributed by atoms with Crippen molar-refractivity contribution in [3.05, 3.63) is 41.5 Å². The molecule has 0 radical (unpaired) electrons. The molecule has 1 rings (SSSR count). The first kappa shape index (κ1) is 18.7. The molecule has 1 unspecified atom stereocenters. The average Bonchev–Trinajstić information content (AvgIpc) is 2.46. The lowest BCUT2D eigenvalue weighted by atomic mass is 10.00. The van der Waals surface area contributed by atoms with Gasteiger partial charge in [0.05, 0.1) is 6.42 Å². The highest BCUT2D eigenvalue weighted by Crippen LogP contribution is 2.22. The summed E-state index contributed by atoms with van der Waals surface area (Å²) >= 11 is 0. The summed E-state index contributed by atoms with van der Waals surface area (Å²) in [5.74, 6) is 0. The normalized spacial score (nSPS) is 13.4. The molecule has 2 nitrogen and oxygen atoms in total. The molecule has 22 heavy (non-hydrogen) atoms. The van der Waals surface area contributed by atoms with Crippen molar-refractivity contribution in [1.82, 2.24) is 10.2 Å². The maximum atomic E-state index is 12.4. The van der Waals surface area contributed by atoms with Crippen LogP contribution >= 0.6 is 0 Å². The summed E-state index contributed by atoms with van der Waals surface area (Å²) in [4.78, 5) is 1.82. The van der Waals surface area contributed by atoms with Gasteiger partial charge in [-0.1, -0.05) is 37.8 Å². The Balaban J connectivity index is 2.77. The molecule has 0 saturated carbocycles. The molecule has 0 spiro atoms. The van der Waals surface area contributed by atoms with Gasteiger partial charge in [-0.2, -0.15) is 13.2 Å². The monoisotopic (exact) mass is 314 g/mol. The van der Waals surface area contributed by atoms with Gasteiger partial charge >= 0.3 is 6.18 Å². The first-order valence-electron chi connectivity index (χ1n) is 7.50. The Morgan fingerprint density at radius 1 is 1.36 bits per heavy atom. The number of nitrogens with zero attached hydrogens (tertiary/aromatic N) is 1. The summed E-state index contributed by atoms with van der Waals surface area (Å²) < 4.78 is 37.1. The lowest BCUT2D eigenvalue weighted by molar-refractivity contribution is -0.138. The molecule has 0 bridgehead atoms. The zero-order valence-electron chi connectivity index (χ0n) is 13.5.